The molecule has 0 aromatic heterocycles. The molecule has 5 heteroatoms. The van der Waals surface area contributed by atoms with Crippen LogP contribution < -0.4 is 17.2 Å². The predicted molar refractivity (Wildman–Crippen MR) is 68.6 cm³/mol. The van der Waals surface area contributed by atoms with Gasteiger partial charge < -0.3 is 22.3 Å². The van der Waals surface area contributed by atoms with Crippen LogP contribution in [0.15, 0.2) is 28.9 Å². The van der Waals surface area contributed by atoms with E-state index in [2.05, 4.69) is 10.9 Å². The van der Waals surface area contributed by atoms with Crippen LogP contribution in [0, 0.1) is 12.3 Å². The Labute approximate surface area is 99.6 Å². The van der Waals surface area contributed by atoms with Gasteiger partial charge in [-0.25, -0.2) is 4.99 Å². The van der Waals surface area contributed by atoms with Crippen LogP contribution in [-0.2, 0) is 0 Å². The summed E-state index contributed by atoms with van der Waals surface area (Å²) in [4.78, 5) is 3.81. The van der Waals surface area contributed by atoms with Gasteiger partial charge in [0.2, 0.25) is 0 Å². The second-order valence-corrected chi connectivity index (χ2v) is 3.41. The number of hydrogen-bond acceptors (Lipinski definition) is 3. The van der Waals surface area contributed by atoms with Crippen LogP contribution >= 0.6 is 0 Å². The SMILES string of the molecule is C#Cc1ccc(/C(N)=C(\C)N=C(N)N)c(O)c1. The third kappa shape index (κ3) is 2.92. The fraction of sp³-hybridized carbons (Fsp3) is 0.0833. The first-order valence-corrected chi connectivity index (χ1v) is 4.81. The maximum absolute atomic E-state index is 9.76. The van der Waals surface area contributed by atoms with Crippen LogP contribution in [0.2, 0.25) is 0 Å². The monoisotopic (exact) mass is 230 g/mol. The lowest BCUT2D eigenvalue weighted by atomic mass is 10.1. The van der Waals surface area contributed by atoms with Crippen LogP contribution in [-0.4, -0.2) is 11.1 Å². The van der Waals surface area contributed by atoms with Gasteiger partial charge in [0.1, 0.15) is 5.75 Å². The van der Waals surface area contributed by atoms with Crippen molar-refractivity contribution in [3.63, 3.8) is 0 Å². The van der Waals surface area contributed by atoms with Gasteiger partial charge >= 0.3 is 0 Å². The number of phenolic OH excluding ortho intramolecular Hbond substituents is 1. The largest absolute Gasteiger partial charge is 0.507 e. The molecule has 0 atom stereocenters. The molecule has 0 fully saturated rings. The predicted octanol–water partition coefficient (Wildman–Crippen LogP) is 0.294. The molecule has 1 aromatic rings. The van der Waals surface area contributed by atoms with Crippen molar-refractivity contribution < 1.29 is 5.11 Å². The zero-order chi connectivity index (χ0) is 13.0. The molecular formula is C12H14N4O. The van der Waals surface area contributed by atoms with E-state index < -0.39 is 0 Å². The molecule has 0 aliphatic rings. The molecule has 0 bridgehead atoms. The van der Waals surface area contributed by atoms with Gasteiger partial charge in [-0.2, -0.15) is 0 Å². The molecule has 0 radical (unpaired) electrons. The van der Waals surface area contributed by atoms with Gasteiger partial charge in [-0.05, 0) is 25.1 Å². The molecule has 1 rings (SSSR count). The number of nitrogens with two attached hydrogens (primary N) is 3. The smallest absolute Gasteiger partial charge is 0.190 e. The van der Waals surface area contributed by atoms with Crippen LogP contribution in [0.4, 0.5) is 0 Å². The number of rotatable bonds is 2. The van der Waals surface area contributed by atoms with Crippen molar-refractivity contribution >= 4 is 11.7 Å². The summed E-state index contributed by atoms with van der Waals surface area (Å²) in [6, 6.07) is 4.74. The van der Waals surface area contributed by atoms with Crippen molar-refractivity contribution in [2.24, 2.45) is 22.2 Å². The van der Waals surface area contributed by atoms with Crippen LogP contribution in [0.1, 0.15) is 18.1 Å². The van der Waals surface area contributed by atoms with Gasteiger partial charge in [0, 0.05) is 11.1 Å². The molecule has 0 aliphatic carbocycles. The topological polar surface area (TPSA) is 111 Å². The van der Waals surface area contributed by atoms with Crippen LogP contribution in [0.5, 0.6) is 5.75 Å². The fourth-order valence-electron chi connectivity index (χ4n) is 1.30. The molecule has 1 aromatic carbocycles. The Hall–Kier alpha value is -2.61. The van der Waals surface area contributed by atoms with E-state index in [0.29, 0.717) is 22.5 Å². The van der Waals surface area contributed by atoms with Crippen LogP contribution in [0.3, 0.4) is 0 Å². The van der Waals surface area contributed by atoms with E-state index >= 15 is 0 Å². The minimum Gasteiger partial charge on any atom is -0.507 e. The third-order valence-electron chi connectivity index (χ3n) is 2.14. The molecule has 88 valence electrons. The Balaban J connectivity index is 3.27. The van der Waals surface area contributed by atoms with Crippen molar-refractivity contribution in [3.8, 4) is 18.1 Å². The van der Waals surface area contributed by atoms with Crippen LogP contribution in [0.25, 0.3) is 5.70 Å². The Morgan fingerprint density at radius 1 is 1.35 bits per heavy atom. The van der Waals surface area contributed by atoms with Crippen molar-refractivity contribution in [1.29, 1.82) is 0 Å². The number of nitrogens with zero attached hydrogens (tertiary/aromatic N) is 1. The lowest BCUT2D eigenvalue weighted by molar-refractivity contribution is 0.473. The minimum absolute atomic E-state index is 0.0110. The number of aliphatic imine (C=N–C) groups is 1. The molecule has 17 heavy (non-hydrogen) atoms. The highest BCUT2D eigenvalue weighted by molar-refractivity contribution is 5.79. The van der Waals surface area contributed by atoms with Gasteiger partial charge in [-0.15, -0.1) is 6.42 Å². The maximum Gasteiger partial charge on any atom is 0.190 e. The maximum atomic E-state index is 9.76. The molecule has 0 spiro atoms. The van der Waals surface area contributed by atoms with E-state index in [1.165, 1.54) is 6.07 Å². The Morgan fingerprint density at radius 3 is 2.47 bits per heavy atom. The summed E-state index contributed by atoms with van der Waals surface area (Å²) in [6.07, 6.45) is 5.21. The first kappa shape index (κ1) is 12.5. The van der Waals surface area contributed by atoms with Crippen molar-refractivity contribution in [1.82, 2.24) is 0 Å². The van der Waals surface area contributed by atoms with Gasteiger partial charge in [0.25, 0.3) is 0 Å². The zero-order valence-electron chi connectivity index (χ0n) is 9.44. The standard InChI is InChI=1S/C12H14N4O/c1-3-8-4-5-9(10(17)6-8)11(13)7(2)16-12(14)15/h1,4-6,17H,13H2,2H3,(H4,14,15,16)/b11-7-. The molecule has 0 heterocycles. The lowest BCUT2D eigenvalue weighted by Crippen LogP contribution is -2.22. The average Bonchev–Trinajstić information content (AvgIpc) is 2.27. The summed E-state index contributed by atoms with van der Waals surface area (Å²) in [5.41, 5.74) is 18.0. The van der Waals surface area contributed by atoms with E-state index in [0.717, 1.165) is 0 Å². The van der Waals surface area contributed by atoms with E-state index in [1.54, 1.807) is 19.1 Å². The van der Waals surface area contributed by atoms with Gasteiger partial charge in [0.15, 0.2) is 5.96 Å². The van der Waals surface area contributed by atoms with Crippen molar-refractivity contribution in [2.45, 2.75) is 6.92 Å². The summed E-state index contributed by atoms with van der Waals surface area (Å²) in [7, 11) is 0. The Morgan fingerprint density at radius 2 is 2.00 bits per heavy atom. The first-order chi connectivity index (χ1) is 7.95. The lowest BCUT2D eigenvalue weighted by Gasteiger charge is -2.07. The Bertz CT molecular complexity index is 534. The van der Waals surface area contributed by atoms with Crippen molar-refractivity contribution in [2.75, 3.05) is 0 Å². The van der Waals surface area contributed by atoms with Crippen molar-refractivity contribution in [3.05, 3.63) is 35.0 Å². The highest BCUT2D eigenvalue weighted by Gasteiger charge is 2.07. The molecule has 0 amide bonds. The summed E-state index contributed by atoms with van der Waals surface area (Å²) in [6.45, 7) is 1.64. The number of hydrogen-bond donors (Lipinski definition) is 4. The van der Waals surface area contributed by atoms with E-state index in [4.69, 9.17) is 23.6 Å². The molecule has 5 nitrogen and oxygen atoms in total. The summed E-state index contributed by atoms with van der Waals surface area (Å²) in [5.74, 6) is 2.31. The summed E-state index contributed by atoms with van der Waals surface area (Å²) < 4.78 is 0. The zero-order valence-corrected chi connectivity index (χ0v) is 9.44. The summed E-state index contributed by atoms with van der Waals surface area (Å²) in [5, 5.41) is 9.76. The number of aromatic hydroxyl groups is 1. The molecule has 0 aliphatic heterocycles. The molecule has 0 saturated carbocycles. The minimum atomic E-state index is -0.0924. The fourth-order valence-corrected chi connectivity index (χ4v) is 1.30. The number of phenols is 1. The highest BCUT2D eigenvalue weighted by Crippen LogP contribution is 2.25. The first-order valence-electron chi connectivity index (χ1n) is 4.81. The second kappa shape index (κ2) is 4.94. The Kier molecular flexibility index (Phi) is 3.62. The molecule has 0 saturated heterocycles. The normalized spacial score (nSPS) is 11.3. The number of terminal acetylenes is 1. The van der Waals surface area contributed by atoms with Gasteiger partial charge in [0.05, 0.1) is 11.4 Å². The molecule has 0 unspecified atom stereocenters. The number of benzene rings is 1. The van der Waals surface area contributed by atoms with E-state index in [1.807, 2.05) is 0 Å². The average molecular weight is 230 g/mol. The second-order valence-electron chi connectivity index (χ2n) is 3.41. The molecule has 7 N–H and O–H groups in total. The quantitative estimate of drug-likeness (QED) is 0.332. The highest BCUT2D eigenvalue weighted by atomic mass is 16.3. The number of guanidine groups is 1. The molecular weight excluding hydrogens is 216 g/mol. The van der Waals surface area contributed by atoms with Gasteiger partial charge in [-0.3, -0.25) is 0 Å². The van der Waals surface area contributed by atoms with E-state index in [-0.39, 0.29) is 11.7 Å². The third-order valence-corrected chi connectivity index (χ3v) is 2.14. The number of allylic oxidation sites excluding steroid dienone is 1. The van der Waals surface area contributed by atoms with Gasteiger partial charge in [-0.1, -0.05) is 5.92 Å². The summed E-state index contributed by atoms with van der Waals surface area (Å²) >= 11 is 0. The van der Waals surface area contributed by atoms with E-state index in [9.17, 15) is 5.11 Å².